The maximum Gasteiger partial charge on any atom is 0.143 e. The average molecular weight is 595 g/mol. The highest BCUT2D eigenvalue weighted by Crippen LogP contribution is 2.55. The summed E-state index contributed by atoms with van der Waals surface area (Å²) in [4.78, 5) is 0. The Morgan fingerprint density at radius 1 is 0.478 bits per heavy atom. The van der Waals surface area contributed by atoms with Crippen LogP contribution in [0.15, 0.2) is 150 Å². The fourth-order valence-corrected chi connectivity index (χ4v) is 7.89. The smallest absolute Gasteiger partial charge is 0.143 e. The zero-order chi connectivity index (χ0) is 37.5. The average Bonchev–Trinajstić information content (AvgIpc) is 3.69. The van der Waals surface area contributed by atoms with E-state index in [4.69, 9.17) is 9.90 Å². The van der Waals surface area contributed by atoms with Crippen LogP contribution in [0, 0.1) is 0 Å². The van der Waals surface area contributed by atoms with Crippen molar-refractivity contribution in [1.29, 1.82) is 0 Å². The van der Waals surface area contributed by atoms with Gasteiger partial charge in [0, 0.05) is 21.6 Å². The van der Waals surface area contributed by atoms with Crippen molar-refractivity contribution < 1.29 is 15.4 Å². The number of furan rings is 1. The third kappa shape index (κ3) is 3.30. The van der Waals surface area contributed by atoms with Crippen molar-refractivity contribution in [3.63, 3.8) is 0 Å². The van der Waals surface area contributed by atoms with Crippen molar-refractivity contribution >= 4 is 54.3 Å². The summed E-state index contributed by atoms with van der Waals surface area (Å²) in [7, 11) is 0. The van der Waals surface area contributed by atoms with Gasteiger partial charge in [0.2, 0.25) is 0 Å². The molecule has 0 saturated heterocycles. The van der Waals surface area contributed by atoms with Gasteiger partial charge in [-0.05, 0) is 83.6 Å². The molecule has 0 N–H and O–H groups in total. The quantitative estimate of drug-likeness (QED) is 0.181. The van der Waals surface area contributed by atoms with Gasteiger partial charge in [-0.2, -0.15) is 0 Å². The largest absolute Gasteiger partial charge is 0.455 e. The lowest BCUT2D eigenvalue weighted by Crippen LogP contribution is -2.14. The molecule has 0 amide bonds. The van der Waals surface area contributed by atoms with Crippen LogP contribution in [0.1, 0.15) is 35.9 Å². The van der Waals surface area contributed by atoms with Crippen LogP contribution < -0.4 is 0 Å². The van der Waals surface area contributed by atoms with E-state index < -0.39 is 29.6 Å². The molecule has 216 valence electrons. The summed E-state index contributed by atoms with van der Waals surface area (Å²) < 4.78 is 80.5. The zero-order valence-corrected chi connectivity index (χ0v) is 25.1. The van der Waals surface area contributed by atoms with Crippen molar-refractivity contribution in [3.8, 4) is 33.4 Å². The molecular formula is C45H30O. The molecule has 1 aliphatic rings. The van der Waals surface area contributed by atoms with E-state index in [1.54, 1.807) is 0 Å². The maximum atomic E-state index is 9.54. The lowest BCUT2D eigenvalue weighted by atomic mass is 9.80. The predicted octanol–water partition coefficient (Wildman–Crippen LogP) is 12.7. The Bertz CT molecular complexity index is 3090. The van der Waals surface area contributed by atoms with Crippen molar-refractivity contribution in [3.05, 3.63) is 157 Å². The third-order valence-electron chi connectivity index (χ3n) is 9.91. The molecule has 1 heterocycles. The molecule has 0 bridgehead atoms. The molecule has 1 aliphatic carbocycles. The van der Waals surface area contributed by atoms with Gasteiger partial charge in [0.15, 0.2) is 0 Å². The summed E-state index contributed by atoms with van der Waals surface area (Å²) in [6, 6.07) is 28.6. The molecule has 0 fully saturated rings. The minimum Gasteiger partial charge on any atom is -0.455 e. The van der Waals surface area contributed by atoms with Crippen molar-refractivity contribution in [2.75, 3.05) is 0 Å². The zero-order valence-electron chi connectivity index (χ0n) is 33.1. The van der Waals surface area contributed by atoms with E-state index >= 15 is 0 Å². The van der Waals surface area contributed by atoms with Crippen LogP contribution in [0.4, 0.5) is 0 Å². The lowest BCUT2D eigenvalue weighted by Gasteiger charge is -2.22. The first-order valence-electron chi connectivity index (χ1n) is 19.5. The fourth-order valence-electron chi connectivity index (χ4n) is 7.89. The van der Waals surface area contributed by atoms with Crippen LogP contribution in [0.25, 0.3) is 87.6 Å². The molecule has 0 atom stereocenters. The molecule has 10 rings (SSSR count). The normalized spacial score (nSPS) is 16.0. The van der Waals surface area contributed by atoms with Crippen molar-refractivity contribution in [2.45, 2.75) is 19.3 Å². The topological polar surface area (TPSA) is 13.1 Å². The van der Waals surface area contributed by atoms with Gasteiger partial charge in [0.05, 0.1) is 11.0 Å². The molecule has 1 nitrogen and oxygen atoms in total. The monoisotopic (exact) mass is 594 g/mol. The van der Waals surface area contributed by atoms with Gasteiger partial charge in [-0.1, -0.05) is 147 Å². The van der Waals surface area contributed by atoms with E-state index in [2.05, 4.69) is 26.0 Å². The SMILES string of the molecule is [2H]c1c([2H])c([2H])c2c(-c3cccc4oc5c6ccccc6ccc5c34)c3c([2H])c([2H])c([2H])c([2H])c3c(-c3cccc4c3-c3ccccc3C4(C)C)c2c1[2H]. The second-order valence-electron chi connectivity index (χ2n) is 12.6. The lowest BCUT2D eigenvalue weighted by molar-refractivity contribution is 0.660. The van der Waals surface area contributed by atoms with Gasteiger partial charge in [-0.15, -0.1) is 0 Å². The molecule has 0 radical (unpaired) electrons. The summed E-state index contributed by atoms with van der Waals surface area (Å²) in [5.74, 6) is 0. The van der Waals surface area contributed by atoms with E-state index in [-0.39, 0.29) is 45.7 Å². The minimum atomic E-state index is -0.431. The van der Waals surface area contributed by atoms with Crippen LogP contribution in [0.5, 0.6) is 0 Å². The molecule has 0 unspecified atom stereocenters. The molecule has 1 aromatic heterocycles. The van der Waals surface area contributed by atoms with Crippen LogP contribution in [0.2, 0.25) is 0 Å². The molecule has 0 saturated carbocycles. The fraction of sp³-hybridized carbons (Fsp3) is 0.0667. The van der Waals surface area contributed by atoms with Crippen LogP contribution in [-0.2, 0) is 5.41 Å². The summed E-state index contributed by atoms with van der Waals surface area (Å²) in [6.07, 6.45) is 0. The molecule has 46 heavy (non-hydrogen) atoms. The molecular weight excluding hydrogens is 556 g/mol. The number of fused-ring (bicyclic) bond motifs is 10. The Labute approximate surface area is 278 Å². The Kier molecular flexibility index (Phi) is 3.79. The molecule has 8 aromatic carbocycles. The summed E-state index contributed by atoms with van der Waals surface area (Å²) in [5.41, 5.74) is 6.63. The molecule has 0 aliphatic heterocycles. The van der Waals surface area contributed by atoms with Gasteiger partial charge < -0.3 is 4.42 Å². The molecule has 0 spiro atoms. The summed E-state index contributed by atoms with van der Waals surface area (Å²) in [5, 5.41) is 4.12. The van der Waals surface area contributed by atoms with Crippen LogP contribution >= 0.6 is 0 Å². The minimum absolute atomic E-state index is 0.180. The number of rotatable bonds is 2. The summed E-state index contributed by atoms with van der Waals surface area (Å²) >= 11 is 0. The predicted molar refractivity (Wildman–Crippen MR) is 195 cm³/mol. The van der Waals surface area contributed by atoms with Gasteiger partial charge in [-0.25, -0.2) is 0 Å². The second kappa shape index (κ2) is 9.19. The first-order chi connectivity index (χ1) is 25.9. The maximum absolute atomic E-state index is 9.54. The highest BCUT2D eigenvalue weighted by Gasteiger charge is 2.37. The highest BCUT2D eigenvalue weighted by molar-refractivity contribution is 6.27. The van der Waals surface area contributed by atoms with E-state index in [1.165, 1.54) is 0 Å². The van der Waals surface area contributed by atoms with E-state index in [0.29, 0.717) is 38.8 Å². The summed E-state index contributed by atoms with van der Waals surface area (Å²) in [6.45, 7) is 4.30. The van der Waals surface area contributed by atoms with Crippen LogP contribution in [0.3, 0.4) is 0 Å². The van der Waals surface area contributed by atoms with Gasteiger partial charge in [0.1, 0.15) is 11.2 Å². The second-order valence-corrected chi connectivity index (χ2v) is 12.6. The van der Waals surface area contributed by atoms with Crippen molar-refractivity contribution in [2.24, 2.45) is 0 Å². The van der Waals surface area contributed by atoms with E-state index in [1.807, 2.05) is 84.9 Å². The van der Waals surface area contributed by atoms with Crippen molar-refractivity contribution in [1.82, 2.24) is 0 Å². The Morgan fingerprint density at radius 2 is 1.07 bits per heavy atom. The third-order valence-corrected chi connectivity index (χ3v) is 9.91. The standard InChI is InChI=1S/C45H30O/c1-45(2)37-22-10-9-19-33(37)42-34(20-11-23-38(42)45)40-29-15-5-7-17-31(29)41(32-18-8-6-16-30(32)40)35-21-12-24-39-43(35)36-26-25-27-13-3-4-14-28(27)44(36)46-39/h3-26H,1-2H3/i5D,6D,7D,8D,15D,16D,17D,18D. The Hall–Kier alpha value is -5.66. The number of benzene rings is 8. The van der Waals surface area contributed by atoms with Gasteiger partial charge >= 0.3 is 0 Å². The molecule has 9 aromatic rings. The molecule has 1 heteroatoms. The first kappa shape index (κ1) is 19.0. The first-order valence-corrected chi connectivity index (χ1v) is 15.5. The Morgan fingerprint density at radius 3 is 1.83 bits per heavy atom. The highest BCUT2D eigenvalue weighted by atomic mass is 16.3. The van der Waals surface area contributed by atoms with Gasteiger partial charge in [-0.3, -0.25) is 0 Å². The van der Waals surface area contributed by atoms with E-state index in [0.717, 1.165) is 38.4 Å². The van der Waals surface area contributed by atoms with E-state index in [9.17, 15) is 5.48 Å². The number of hydrogen-bond acceptors (Lipinski definition) is 1. The van der Waals surface area contributed by atoms with Crippen LogP contribution in [-0.4, -0.2) is 0 Å². The van der Waals surface area contributed by atoms with Gasteiger partial charge in [0.25, 0.3) is 0 Å². The Balaban J connectivity index is 1.49. The number of hydrogen-bond donors (Lipinski definition) is 0.